The molecule has 0 unspecified atom stereocenters. The molecule has 0 spiro atoms. The van der Waals surface area contributed by atoms with Gasteiger partial charge in [-0.05, 0) is 12.1 Å². The molecule has 0 aliphatic carbocycles. The summed E-state index contributed by atoms with van der Waals surface area (Å²) in [5, 5.41) is 1.93. The maximum atomic E-state index is 13.4. The summed E-state index contributed by atoms with van der Waals surface area (Å²) in [5.41, 5.74) is 0.404. The van der Waals surface area contributed by atoms with Crippen LogP contribution in [0, 0.1) is 5.82 Å². The average Bonchev–Trinajstić information content (AvgIpc) is 2.78. The molecule has 0 atom stereocenters. The molecule has 0 amide bonds. The van der Waals surface area contributed by atoms with E-state index in [1.165, 1.54) is 29.7 Å². The number of alkyl halides is 1. The van der Waals surface area contributed by atoms with Gasteiger partial charge < -0.3 is 0 Å². The maximum Gasteiger partial charge on any atom is 0.196 e. The van der Waals surface area contributed by atoms with E-state index in [2.05, 4.69) is 9.97 Å². The standard InChI is InChI=1S/C10H6ClFN2OS/c11-4-8(15)7-5-16-10(14-7)9-6(12)2-1-3-13-9/h1-3,5H,4H2. The van der Waals surface area contributed by atoms with Crippen LogP contribution in [0.3, 0.4) is 0 Å². The summed E-state index contributed by atoms with van der Waals surface area (Å²) in [6, 6.07) is 2.80. The topological polar surface area (TPSA) is 42.9 Å². The molecule has 6 heteroatoms. The Kier molecular flexibility index (Phi) is 3.26. The van der Waals surface area contributed by atoms with Gasteiger partial charge in [0.2, 0.25) is 0 Å². The van der Waals surface area contributed by atoms with Crippen molar-refractivity contribution in [2.75, 3.05) is 5.88 Å². The zero-order valence-electron chi connectivity index (χ0n) is 7.98. The third-order valence-corrected chi connectivity index (χ3v) is 2.96. The third kappa shape index (κ3) is 2.10. The molecule has 0 aromatic carbocycles. The number of hydrogen-bond donors (Lipinski definition) is 0. The predicted molar refractivity (Wildman–Crippen MR) is 60.4 cm³/mol. The van der Waals surface area contributed by atoms with Gasteiger partial charge in [-0.2, -0.15) is 0 Å². The molecule has 0 fully saturated rings. The Balaban J connectivity index is 2.39. The third-order valence-electron chi connectivity index (χ3n) is 1.87. The Morgan fingerprint density at radius 2 is 2.38 bits per heavy atom. The number of carbonyl (C=O) groups is 1. The Labute approximate surface area is 99.9 Å². The minimum atomic E-state index is -0.457. The molecule has 0 aliphatic heterocycles. The van der Waals surface area contributed by atoms with Gasteiger partial charge in [0.25, 0.3) is 0 Å². The second kappa shape index (κ2) is 4.67. The van der Waals surface area contributed by atoms with Crippen LogP contribution >= 0.6 is 22.9 Å². The fourth-order valence-electron chi connectivity index (χ4n) is 1.12. The lowest BCUT2D eigenvalue weighted by Crippen LogP contribution is -2.00. The highest BCUT2D eigenvalue weighted by molar-refractivity contribution is 7.13. The number of ketones is 1. The van der Waals surface area contributed by atoms with Crippen LogP contribution in [0.5, 0.6) is 0 Å². The summed E-state index contributed by atoms with van der Waals surface area (Å²) >= 11 is 6.57. The van der Waals surface area contributed by atoms with Crippen molar-refractivity contribution in [1.29, 1.82) is 0 Å². The first-order valence-corrected chi connectivity index (χ1v) is 5.79. The van der Waals surface area contributed by atoms with E-state index in [4.69, 9.17) is 11.6 Å². The van der Waals surface area contributed by atoms with Gasteiger partial charge >= 0.3 is 0 Å². The molecule has 0 N–H and O–H groups in total. The molecule has 2 aromatic rings. The smallest absolute Gasteiger partial charge is 0.196 e. The van der Waals surface area contributed by atoms with E-state index in [0.717, 1.165) is 0 Å². The number of thiazole rings is 1. The number of rotatable bonds is 3. The Morgan fingerprint density at radius 3 is 3.06 bits per heavy atom. The largest absolute Gasteiger partial charge is 0.291 e. The van der Waals surface area contributed by atoms with Crippen molar-refractivity contribution >= 4 is 28.7 Å². The Hall–Kier alpha value is -1.33. The van der Waals surface area contributed by atoms with E-state index >= 15 is 0 Å². The quantitative estimate of drug-likeness (QED) is 0.626. The van der Waals surface area contributed by atoms with Gasteiger partial charge in [0.15, 0.2) is 11.6 Å². The van der Waals surface area contributed by atoms with Gasteiger partial charge in [-0.15, -0.1) is 22.9 Å². The van der Waals surface area contributed by atoms with Crippen molar-refractivity contribution in [3.63, 3.8) is 0 Å². The van der Waals surface area contributed by atoms with Crippen LogP contribution in [0.2, 0.25) is 0 Å². The molecule has 82 valence electrons. The lowest BCUT2D eigenvalue weighted by Gasteiger charge is -1.95. The monoisotopic (exact) mass is 256 g/mol. The zero-order chi connectivity index (χ0) is 11.5. The highest BCUT2D eigenvalue weighted by Crippen LogP contribution is 2.24. The van der Waals surface area contributed by atoms with Crippen molar-refractivity contribution in [1.82, 2.24) is 9.97 Å². The van der Waals surface area contributed by atoms with Gasteiger partial charge in [0.05, 0.1) is 5.88 Å². The van der Waals surface area contributed by atoms with E-state index in [0.29, 0.717) is 5.01 Å². The van der Waals surface area contributed by atoms with Gasteiger partial charge in [0, 0.05) is 11.6 Å². The molecule has 16 heavy (non-hydrogen) atoms. The van der Waals surface area contributed by atoms with E-state index in [1.54, 1.807) is 5.38 Å². The fourth-order valence-corrected chi connectivity index (χ4v) is 2.08. The molecule has 2 heterocycles. The lowest BCUT2D eigenvalue weighted by molar-refractivity contribution is 0.101. The molecule has 0 saturated heterocycles. The van der Waals surface area contributed by atoms with Crippen molar-refractivity contribution in [2.24, 2.45) is 0 Å². The minimum absolute atomic E-state index is 0.131. The Bertz CT molecular complexity index is 529. The number of pyridine rings is 1. The summed E-state index contributed by atoms with van der Waals surface area (Å²) < 4.78 is 13.4. The van der Waals surface area contributed by atoms with Gasteiger partial charge in [-0.1, -0.05) is 0 Å². The summed E-state index contributed by atoms with van der Waals surface area (Å²) in [4.78, 5) is 19.1. The molecule has 0 radical (unpaired) electrons. The van der Waals surface area contributed by atoms with Gasteiger partial charge in [-0.3, -0.25) is 9.78 Å². The van der Waals surface area contributed by atoms with Crippen molar-refractivity contribution in [3.05, 3.63) is 35.2 Å². The van der Waals surface area contributed by atoms with Crippen LogP contribution in [-0.4, -0.2) is 21.6 Å². The number of carbonyl (C=O) groups excluding carboxylic acids is 1. The van der Waals surface area contributed by atoms with E-state index in [1.807, 2.05) is 0 Å². The first-order valence-electron chi connectivity index (χ1n) is 4.38. The maximum absolute atomic E-state index is 13.4. The summed E-state index contributed by atoms with van der Waals surface area (Å²) in [5.74, 6) is -0.865. The second-order valence-electron chi connectivity index (χ2n) is 2.93. The first kappa shape index (κ1) is 11.2. The van der Waals surface area contributed by atoms with Crippen molar-refractivity contribution < 1.29 is 9.18 Å². The van der Waals surface area contributed by atoms with E-state index in [9.17, 15) is 9.18 Å². The number of halogens is 2. The first-order chi connectivity index (χ1) is 7.72. The molecular formula is C10H6ClFN2OS. The summed E-state index contributed by atoms with van der Waals surface area (Å²) in [6.45, 7) is 0. The number of aromatic nitrogens is 2. The van der Waals surface area contributed by atoms with Crippen LogP contribution in [0.1, 0.15) is 10.5 Å². The number of nitrogens with zero attached hydrogens (tertiary/aromatic N) is 2. The van der Waals surface area contributed by atoms with Gasteiger partial charge in [0.1, 0.15) is 16.4 Å². The summed E-state index contributed by atoms with van der Waals surface area (Å²) in [7, 11) is 0. The van der Waals surface area contributed by atoms with E-state index < -0.39 is 5.82 Å². The number of Topliss-reactive ketones (excluding diaryl/α,β-unsaturated/α-hetero) is 1. The SMILES string of the molecule is O=C(CCl)c1csc(-c2ncccc2F)n1. The number of hydrogen-bond acceptors (Lipinski definition) is 4. The van der Waals surface area contributed by atoms with Crippen LogP contribution in [0.25, 0.3) is 10.7 Å². The molecule has 0 saturated carbocycles. The molecule has 3 nitrogen and oxygen atoms in total. The molecule has 0 bridgehead atoms. The van der Waals surface area contributed by atoms with Crippen molar-refractivity contribution in [2.45, 2.75) is 0 Å². The molecule has 0 aliphatic rings. The normalized spacial score (nSPS) is 10.4. The van der Waals surface area contributed by atoms with E-state index in [-0.39, 0.29) is 23.1 Å². The zero-order valence-corrected chi connectivity index (χ0v) is 9.56. The molecule has 2 aromatic heterocycles. The molecule has 2 rings (SSSR count). The molecular weight excluding hydrogens is 251 g/mol. The van der Waals surface area contributed by atoms with Crippen LogP contribution in [0.15, 0.2) is 23.7 Å². The van der Waals surface area contributed by atoms with Crippen molar-refractivity contribution in [3.8, 4) is 10.7 Å². The Morgan fingerprint density at radius 1 is 1.56 bits per heavy atom. The minimum Gasteiger partial charge on any atom is -0.291 e. The lowest BCUT2D eigenvalue weighted by atomic mass is 10.3. The summed E-state index contributed by atoms with van der Waals surface area (Å²) in [6.07, 6.45) is 1.48. The predicted octanol–water partition coefficient (Wildman–Crippen LogP) is 2.77. The van der Waals surface area contributed by atoms with Crippen LogP contribution in [-0.2, 0) is 0 Å². The highest BCUT2D eigenvalue weighted by Gasteiger charge is 2.13. The average molecular weight is 257 g/mol. The second-order valence-corrected chi connectivity index (χ2v) is 4.05. The van der Waals surface area contributed by atoms with Gasteiger partial charge in [-0.25, -0.2) is 9.37 Å². The van der Waals surface area contributed by atoms with Crippen LogP contribution in [0.4, 0.5) is 4.39 Å². The van der Waals surface area contributed by atoms with Crippen LogP contribution < -0.4 is 0 Å². The fraction of sp³-hybridized carbons (Fsp3) is 0.100. The highest BCUT2D eigenvalue weighted by atomic mass is 35.5.